The zero-order chi connectivity index (χ0) is 15.6. The molecule has 0 saturated heterocycles. The molecular weight excluding hydrogens is 381 g/mol. The van der Waals surface area contributed by atoms with E-state index in [0.29, 0.717) is 9.48 Å². The first-order valence-corrected chi connectivity index (χ1v) is 9.07. The standard InChI is InChI=1S/C12H13BrFN3O2S2/c1-7-6-20-11(17-7)5-16-21(18,19)10-3-9(13)2-8(4-15)12(10)14/h2-3,6,16H,4-5,15H2,1H3. The number of benzene rings is 1. The highest BCUT2D eigenvalue weighted by molar-refractivity contribution is 9.10. The van der Waals surface area contributed by atoms with E-state index < -0.39 is 20.7 Å². The van der Waals surface area contributed by atoms with Crippen molar-refractivity contribution in [2.75, 3.05) is 0 Å². The summed E-state index contributed by atoms with van der Waals surface area (Å²) in [6.45, 7) is 1.75. The van der Waals surface area contributed by atoms with Crippen LogP contribution in [0.1, 0.15) is 16.3 Å². The zero-order valence-electron chi connectivity index (χ0n) is 11.1. The van der Waals surface area contributed by atoms with Gasteiger partial charge in [0.15, 0.2) is 0 Å². The molecule has 3 N–H and O–H groups in total. The van der Waals surface area contributed by atoms with Crippen LogP contribution in [-0.2, 0) is 23.1 Å². The Morgan fingerprint density at radius 2 is 2.19 bits per heavy atom. The van der Waals surface area contributed by atoms with Crippen LogP contribution in [0.15, 0.2) is 26.9 Å². The molecule has 0 aliphatic carbocycles. The molecule has 2 aromatic rings. The summed E-state index contributed by atoms with van der Waals surface area (Å²) < 4.78 is 41.4. The number of hydrogen-bond acceptors (Lipinski definition) is 5. The van der Waals surface area contributed by atoms with E-state index in [9.17, 15) is 12.8 Å². The molecule has 1 aromatic heterocycles. The third-order valence-electron chi connectivity index (χ3n) is 2.67. The second-order valence-corrected chi connectivity index (χ2v) is 7.88. The number of nitrogens with zero attached hydrogens (tertiary/aromatic N) is 1. The second-order valence-electron chi connectivity index (χ2n) is 4.29. The number of nitrogens with one attached hydrogen (secondary N) is 1. The van der Waals surface area contributed by atoms with Gasteiger partial charge in [-0.2, -0.15) is 0 Å². The Bertz CT molecular complexity index is 762. The number of thiazole rings is 1. The molecule has 0 aliphatic rings. The van der Waals surface area contributed by atoms with E-state index >= 15 is 0 Å². The molecule has 5 nitrogen and oxygen atoms in total. The average Bonchev–Trinajstić information content (AvgIpc) is 2.84. The lowest BCUT2D eigenvalue weighted by Gasteiger charge is -2.10. The van der Waals surface area contributed by atoms with E-state index in [1.807, 2.05) is 12.3 Å². The van der Waals surface area contributed by atoms with Gasteiger partial charge in [-0.25, -0.2) is 22.5 Å². The Morgan fingerprint density at radius 1 is 1.48 bits per heavy atom. The average molecular weight is 394 g/mol. The minimum absolute atomic E-state index is 0.0186. The number of aryl methyl sites for hydroxylation is 1. The van der Waals surface area contributed by atoms with Crippen molar-refractivity contribution in [2.45, 2.75) is 24.9 Å². The molecular formula is C12H13BrFN3O2S2. The van der Waals surface area contributed by atoms with E-state index in [2.05, 4.69) is 25.6 Å². The highest BCUT2D eigenvalue weighted by atomic mass is 79.9. The lowest BCUT2D eigenvalue weighted by molar-refractivity contribution is 0.549. The number of rotatable bonds is 5. The van der Waals surface area contributed by atoms with Gasteiger partial charge in [-0.3, -0.25) is 0 Å². The maximum absolute atomic E-state index is 14.1. The fraction of sp³-hybridized carbons (Fsp3) is 0.250. The molecule has 0 saturated carbocycles. The van der Waals surface area contributed by atoms with Gasteiger partial charge in [0.2, 0.25) is 10.0 Å². The molecule has 9 heteroatoms. The van der Waals surface area contributed by atoms with Crippen molar-refractivity contribution in [3.8, 4) is 0 Å². The molecule has 0 spiro atoms. The van der Waals surface area contributed by atoms with Gasteiger partial charge in [0, 0.05) is 27.7 Å². The molecule has 0 radical (unpaired) electrons. The summed E-state index contributed by atoms with van der Waals surface area (Å²) in [5, 5.41) is 2.43. The van der Waals surface area contributed by atoms with Gasteiger partial charge < -0.3 is 5.73 Å². The van der Waals surface area contributed by atoms with Crippen molar-refractivity contribution < 1.29 is 12.8 Å². The Balaban J connectivity index is 2.29. The van der Waals surface area contributed by atoms with Crippen LogP contribution >= 0.6 is 27.3 Å². The molecule has 0 aliphatic heterocycles. The molecule has 0 amide bonds. The van der Waals surface area contributed by atoms with E-state index in [0.717, 1.165) is 5.69 Å². The van der Waals surface area contributed by atoms with Crippen LogP contribution in [0.4, 0.5) is 4.39 Å². The quantitative estimate of drug-likeness (QED) is 0.815. The molecule has 2 rings (SSSR count). The van der Waals surface area contributed by atoms with E-state index in [-0.39, 0.29) is 18.7 Å². The predicted molar refractivity (Wildman–Crippen MR) is 82.9 cm³/mol. The smallest absolute Gasteiger partial charge is 0.243 e. The molecule has 114 valence electrons. The van der Waals surface area contributed by atoms with E-state index in [4.69, 9.17) is 5.73 Å². The van der Waals surface area contributed by atoms with Crippen LogP contribution in [0.25, 0.3) is 0 Å². The molecule has 0 unspecified atom stereocenters. The molecule has 0 bridgehead atoms. The van der Waals surface area contributed by atoms with Crippen LogP contribution in [0, 0.1) is 12.7 Å². The first kappa shape index (κ1) is 16.5. The normalized spacial score (nSPS) is 11.8. The lowest BCUT2D eigenvalue weighted by Crippen LogP contribution is -2.24. The summed E-state index contributed by atoms with van der Waals surface area (Å²) in [6, 6.07) is 2.67. The molecule has 0 atom stereocenters. The molecule has 1 heterocycles. The maximum Gasteiger partial charge on any atom is 0.243 e. The molecule has 1 aromatic carbocycles. The first-order valence-electron chi connectivity index (χ1n) is 5.92. The molecule has 21 heavy (non-hydrogen) atoms. The Morgan fingerprint density at radius 3 is 2.76 bits per heavy atom. The van der Waals surface area contributed by atoms with Gasteiger partial charge >= 0.3 is 0 Å². The van der Waals surface area contributed by atoms with E-state index in [1.54, 1.807) is 0 Å². The third-order valence-corrected chi connectivity index (χ3v) is 5.49. The Hall–Kier alpha value is -0.870. The van der Waals surface area contributed by atoms with Crippen LogP contribution < -0.4 is 10.5 Å². The fourth-order valence-corrected chi connectivity index (χ4v) is 4.27. The molecule has 0 fully saturated rings. The van der Waals surface area contributed by atoms with Gasteiger partial charge in [0.1, 0.15) is 15.7 Å². The van der Waals surface area contributed by atoms with E-state index in [1.165, 1.54) is 23.5 Å². The van der Waals surface area contributed by atoms with Gasteiger partial charge in [0.25, 0.3) is 0 Å². The summed E-state index contributed by atoms with van der Waals surface area (Å²) in [4.78, 5) is 3.72. The lowest BCUT2D eigenvalue weighted by atomic mass is 10.2. The van der Waals surface area contributed by atoms with Crippen molar-refractivity contribution >= 4 is 37.3 Å². The van der Waals surface area contributed by atoms with Gasteiger partial charge in [-0.15, -0.1) is 11.3 Å². The van der Waals surface area contributed by atoms with Crippen molar-refractivity contribution in [1.82, 2.24) is 9.71 Å². The topological polar surface area (TPSA) is 85.1 Å². The van der Waals surface area contributed by atoms with Crippen LogP contribution in [0.2, 0.25) is 0 Å². The summed E-state index contributed by atoms with van der Waals surface area (Å²) in [5.41, 5.74) is 6.36. The highest BCUT2D eigenvalue weighted by Crippen LogP contribution is 2.24. The first-order chi connectivity index (χ1) is 9.83. The third kappa shape index (κ3) is 3.86. The minimum atomic E-state index is -3.98. The monoisotopic (exact) mass is 393 g/mol. The highest BCUT2D eigenvalue weighted by Gasteiger charge is 2.22. The minimum Gasteiger partial charge on any atom is -0.326 e. The Labute approximate surface area is 134 Å². The van der Waals surface area contributed by atoms with Crippen LogP contribution in [0.3, 0.4) is 0 Å². The summed E-state index contributed by atoms with van der Waals surface area (Å²) in [7, 11) is -3.98. The van der Waals surface area contributed by atoms with Crippen molar-refractivity contribution in [3.63, 3.8) is 0 Å². The number of hydrogen-bond donors (Lipinski definition) is 2. The van der Waals surface area contributed by atoms with Gasteiger partial charge in [-0.05, 0) is 19.1 Å². The van der Waals surface area contributed by atoms with Crippen molar-refractivity contribution in [3.05, 3.63) is 44.1 Å². The fourth-order valence-electron chi connectivity index (χ4n) is 1.68. The summed E-state index contributed by atoms with van der Waals surface area (Å²) >= 11 is 4.49. The van der Waals surface area contributed by atoms with Gasteiger partial charge in [0.05, 0.1) is 6.54 Å². The van der Waals surface area contributed by atoms with Crippen molar-refractivity contribution in [2.24, 2.45) is 5.73 Å². The predicted octanol–water partition coefficient (Wildman–Crippen LogP) is 2.29. The van der Waals surface area contributed by atoms with Crippen molar-refractivity contribution in [1.29, 1.82) is 0 Å². The number of nitrogens with two attached hydrogens (primary N) is 1. The second kappa shape index (κ2) is 6.49. The maximum atomic E-state index is 14.1. The summed E-state index contributed by atoms with van der Waals surface area (Å²) in [5.74, 6) is -0.830. The van der Waals surface area contributed by atoms with Gasteiger partial charge in [-0.1, -0.05) is 15.9 Å². The Kier molecular flexibility index (Phi) is 5.10. The SMILES string of the molecule is Cc1csc(CNS(=O)(=O)c2cc(Br)cc(CN)c2F)n1. The largest absolute Gasteiger partial charge is 0.326 e. The number of aromatic nitrogens is 1. The summed E-state index contributed by atoms with van der Waals surface area (Å²) in [6.07, 6.45) is 0. The number of sulfonamides is 1. The van der Waals surface area contributed by atoms with Crippen LogP contribution in [0.5, 0.6) is 0 Å². The zero-order valence-corrected chi connectivity index (χ0v) is 14.3. The number of halogens is 2. The van der Waals surface area contributed by atoms with Crippen LogP contribution in [-0.4, -0.2) is 13.4 Å².